The van der Waals surface area contributed by atoms with Crippen LogP contribution in [-0.2, 0) is 0 Å². The molecule has 96 valence electrons. The molecule has 1 saturated heterocycles. The van der Waals surface area contributed by atoms with Crippen molar-refractivity contribution in [2.24, 2.45) is 0 Å². The van der Waals surface area contributed by atoms with Crippen LogP contribution in [-0.4, -0.2) is 36.6 Å². The van der Waals surface area contributed by atoms with E-state index >= 15 is 0 Å². The smallest absolute Gasteiger partial charge is 0.209 e. The molecule has 0 aromatic heterocycles. The van der Waals surface area contributed by atoms with E-state index in [1.807, 2.05) is 18.2 Å². The fourth-order valence-corrected chi connectivity index (χ4v) is 2.44. The molecule has 18 heavy (non-hydrogen) atoms. The maximum absolute atomic E-state index is 7.23. The predicted octanol–water partition coefficient (Wildman–Crippen LogP) is 3.16. The Kier molecular flexibility index (Phi) is 3.58. The zero-order chi connectivity index (χ0) is 13.2. The summed E-state index contributed by atoms with van der Waals surface area (Å²) < 4.78 is 0. The summed E-state index contributed by atoms with van der Waals surface area (Å²) in [6, 6.07) is 7.90. The van der Waals surface area contributed by atoms with Crippen molar-refractivity contribution in [1.29, 1.82) is 0 Å². The maximum Gasteiger partial charge on any atom is 0.209 e. The first kappa shape index (κ1) is 12.9. The van der Waals surface area contributed by atoms with Gasteiger partial charge in [-0.1, -0.05) is 18.2 Å². The highest BCUT2D eigenvalue weighted by Crippen LogP contribution is 2.29. The number of para-hydroxylation sites is 2. The Balaban J connectivity index is 2.09. The molecule has 0 saturated carbocycles. The second-order valence-electron chi connectivity index (χ2n) is 5.75. The molecule has 2 rings (SSSR count). The van der Waals surface area contributed by atoms with Gasteiger partial charge in [-0.15, -0.1) is 0 Å². The lowest BCUT2D eigenvalue weighted by molar-refractivity contribution is 0.128. The van der Waals surface area contributed by atoms with Gasteiger partial charge >= 0.3 is 0 Å². The third-order valence-electron chi connectivity index (χ3n) is 3.57. The molecule has 1 heterocycles. The van der Waals surface area contributed by atoms with Gasteiger partial charge in [-0.2, -0.15) is 0 Å². The molecule has 1 fully saturated rings. The summed E-state index contributed by atoms with van der Waals surface area (Å²) in [7, 11) is 0. The molecule has 3 nitrogen and oxygen atoms in total. The SMILES string of the molecule is [C-]#[N+]c1ccccc1N1CCN(C(C)(C)C)CC1. The second-order valence-corrected chi connectivity index (χ2v) is 5.75. The minimum absolute atomic E-state index is 0.241. The average molecular weight is 243 g/mol. The van der Waals surface area contributed by atoms with Crippen molar-refractivity contribution in [2.75, 3.05) is 31.1 Å². The van der Waals surface area contributed by atoms with E-state index in [-0.39, 0.29) is 5.54 Å². The molecule has 0 unspecified atom stereocenters. The number of rotatable bonds is 1. The van der Waals surface area contributed by atoms with Gasteiger partial charge in [-0.25, -0.2) is 4.85 Å². The molecule has 0 N–H and O–H groups in total. The van der Waals surface area contributed by atoms with Gasteiger partial charge in [0.15, 0.2) is 0 Å². The van der Waals surface area contributed by atoms with Crippen LogP contribution in [0.5, 0.6) is 0 Å². The van der Waals surface area contributed by atoms with Crippen LogP contribution in [0.1, 0.15) is 20.8 Å². The quantitative estimate of drug-likeness (QED) is 0.702. The van der Waals surface area contributed by atoms with Crippen LogP contribution in [0.3, 0.4) is 0 Å². The molecule has 1 aromatic carbocycles. The fraction of sp³-hybridized carbons (Fsp3) is 0.533. The normalized spacial score (nSPS) is 17.6. The van der Waals surface area contributed by atoms with Gasteiger partial charge in [0.1, 0.15) is 0 Å². The monoisotopic (exact) mass is 243 g/mol. The van der Waals surface area contributed by atoms with Crippen LogP contribution in [0.2, 0.25) is 0 Å². The molecule has 1 aliphatic rings. The number of nitrogens with zero attached hydrogens (tertiary/aromatic N) is 3. The van der Waals surface area contributed by atoms with Crippen molar-refractivity contribution >= 4 is 11.4 Å². The summed E-state index contributed by atoms with van der Waals surface area (Å²) in [5, 5.41) is 0. The highest BCUT2D eigenvalue weighted by atomic mass is 15.3. The first-order valence-corrected chi connectivity index (χ1v) is 6.49. The Bertz CT molecular complexity index is 446. The van der Waals surface area contributed by atoms with Crippen LogP contribution >= 0.6 is 0 Å². The Morgan fingerprint density at radius 2 is 1.67 bits per heavy atom. The van der Waals surface area contributed by atoms with Gasteiger partial charge in [-0.3, -0.25) is 4.90 Å². The van der Waals surface area contributed by atoms with Crippen molar-refractivity contribution in [1.82, 2.24) is 4.90 Å². The lowest BCUT2D eigenvalue weighted by atomic mass is 10.0. The van der Waals surface area contributed by atoms with Crippen LogP contribution in [0, 0.1) is 6.57 Å². The van der Waals surface area contributed by atoms with E-state index in [1.165, 1.54) is 0 Å². The van der Waals surface area contributed by atoms with Crippen molar-refractivity contribution in [3.05, 3.63) is 35.7 Å². The topological polar surface area (TPSA) is 10.8 Å². The van der Waals surface area contributed by atoms with Gasteiger partial charge in [0, 0.05) is 37.4 Å². The van der Waals surface area contributed by atoms with Crippen LogP contribution in [0.15, 0.2) is 24.3 Å². The Hall–Kier alpha value is -1.53. The molecule has 1 aliphatic heterocycles. The van der Waals surface area contributed by atoms with E-state index in [0.29, 0.717) is 0 Å². The van der Waals surface area contributed by atoms with E-state index in [2.05, 4.69) is 41.5 Å². The molecule has 0 aliphatic carbocycles. The van der Waals surface area contributed by atoms with Gasteiger partial charge in [-0.05, 0) is 26.8 Å². The Morgan fingerprint density at radius 3 is 2.22 bits per heavy atom. The zero-order valence-electron chi connectivity index (χ0n) is 11.5. The number of piperazine rings is 1. The average Bonchev–Trinajstić information content (AvgIpc) is 2.38. The van der Waals surface area contributed by atoms with Gasteiger partial charge in [0.2, 0.25) is 5.69 Å². The lowest BCUT2D eigenvalue weighted by Crippen LogP contribution is -2.53. The molecule has 1 aromatic rings. The number of hydrogen-bond donors (Lipinski definition) is 0. The first-order chi connectivity index (χ1) is 8.52. The molecular weight excluding hydrogens is 222 g/mol. The summed E-state index contributed by atoms with van der Waals surface area (Å²) in [4.78, 5) is 8.44. The summed E-state index contributed by atoms with van der Waals surface area (Å²) in [5.74, 6) is 0. The Morgan fingerprint density at radius 1 is 1.06 bits per heavy atom. The second kappa shape index (κ2) is 4.99. The lowest BCUT2D eigenvalue weighted by Gasteiger charge is -2.43. The van der Waals surface area contributed by atoms with Gasteiger partial charge < -0.3 is 4.90 Å². The summed E-state index contributed by atoms with van der Waals surface area (Å²) in [6.07, 6.45) is 0. The Labute approximate surface area is 110 Å². The van der Waals surface area contributed by atoms with Crippen molar-refractivity contribution in [3.63, 3.8) is 0 Å². The third-order valence-corrected chi connectivity index (χ3v) is 3.57. The first-order valence-electron chi connectivity index (χ1n) is 6.49. The fourth-order valence-electron chi connectivity index (χ4n) is 2.44. The van der Waals surface area contributed by atoms with Crippen molar-refractivity contribution in [2.45, 2.75) is 26.3 Å². The highest BCUT2D eigenvalue weighted by Gasteiger charge is 2.26. The maximum atomic E-state index is 7.23. The molecule has 3 heteroatoms. The van der Waals surface area contributed by atoms with Crippen LogP contribution in [0.25, 0.3) is 4.85 Å². The molecule has 0 spiro atoms. The number of anilines is 1. The van der Waals surface area contributed by atoms with Gasteiger partial charge in [0.25, 0.3) is 0 Å². The summed E-state index contributed by atoms with van der Waals surface area (Å²) >= 11 is 0. The summed E-state index contributed by atoms with van der Waals surface area (Å²) in [6.45, 7) is 18.1. The van der Waals surface area contributed by atoms with E-state index in [1.54, 1.807) is 0 Å². The molecular formula is C15H21N3. The molecule has 0 radical (unpaired) electrons. The largest absolute Gasteiger partial charge is 0.378 e. The summed E-state index contributed by atoms with van der Waals surface area (Å²) in [5.41, 5.74) is 2.09. The van der Waals surface area contributed by atoms with E-state index in [0.717, 1.165) is 37.6 Å². The van der Waals surface area contributed by atoms with Crippen LogP contribution in [0.4, 0.5) is 11.4 Å². The molecule has 0 amide bonds. The minimum Gasteiger partial charge on any atom is -0.378 e. The standard InChI is InChI=1S/C15H21N3/c1-15(2,3)18-11-9-17(10-12-18)14-8-6-5-7-13(14)16-4/h5-8H,9-12H2,1-3H3. The van der Waals surface area contributed by atoms with Crippen LogP contribution < -0.4 is 4.90 Å². The van der Waals surface area contributed by atoms with Gasteiger partial charge in [0.05, 0.1) is 6.57 Å². The molecule has 0 bridgehead atoms. The van der Waals surface area contributed by atoms with E-state index in [9.17, 15) is 0 Å². The number of hydrogen-bond acceptors (Lipinski definition) is 2. The van der Waals surface area contributed by atoms with Crippen molar-refractivity contribution < 1.29 is 0 Å². The minimum atomic E-state index is 0.241. The van der Waals surface area contributed by atoms with Crippen molar-refractivity contribution in [3.8, 4) is 0 Å². The van der Waals surface area contributed by atoms with E-state index < -0.39 is 0 Å². The third kappa shape index (κ3) is 2.65. The highest BCUT2D eigenvalue weighted by molar-refractivity contribution is 5.70. The molecule has 0 atom stereocenters. The number of benzene rings is 1. The van der Waals surface area contributed by atoms with E-state index in [4.69, 9.17) is 6.57 Å². The zero-order valence-corrected chi connectivity index (χ0v) is 11.5. The predicted molar refractivity (Wildman–Crippen MR) is 76.2 cm³/mol.